The van der Waals surface area contributed by atoms with E-state index in [1.807, 2.05) is 29.2 Å². The predicted octanol–water partition coefficient (Wildman–Crippen LogP) is 5.48. The first-order chi connectivity index (χ1) is 15.2. The minimum Gasteiger partial charge on any atom is -0.351 e. The Labute approximate surface area is 190 Å². The lowest BCUT2D eigenvalue weighted by atomic mass is 9.96. The normalized spacial score (nSPS) is 15.0. The number of hydrogen-bond acceptors (Lipinski definition) is 2. The van der Waals surface area contributed by atoms with Gasteiger partial charge in [-0.05, 0) is 35.4 Å². The number of nitrogens with zero attached hydrogens (tertiary/aromatic N) is 2. The van der Waals surface area contributed by atoms with Gasteiger partial charge in [-0.3, -0.25) is 9.69 Å². The van der Waals surface area contributed by atoms with Crippen LogP contribution in [0, 0.1) is 0 Å². The molecule has 1 aliphatic heterocycles. The summed E-state index contributed by atoms with van der Waals surface area (Å²) in [6, 6.07) is 29.4. The molecule has 1 N–H and O–H groups in total. The molecule has 4 aromatic rings. The number of piperazine rings is 1. The smallest absolute Gasteiger partial charge is 0.270 e. The number of carbonyl (C=O) groups is 1. The van der Waals surface area contributed by atoms with Crippen molar-refractivity contribution in [2.45, 2.75) is 6.04 Å². The fourth-order valence-electron chi connectivity index (χ4n) is 4.46. The lowest BCUT2D eigenvalue weighted by Gasteiger charge is -2.39. The van der Waals surface area contributed by atoms with Gasteiger partial charge < -0.3 is 9.88 Å². The van der Waals surface area contributed by atoms with E-state index in [4.69, 9.17) is 0 Å². The summed E-state index contributed by atoms with van der Waals surface area (Å²) in [5.74, 6) is 0.0722. The standard InChI is InChI=1S/C26H24BrN3O/c27-22-11-12-23-21(17-22)18-24(28-23)26(31)30-15-13-29(14-16-30)25(19-7-3-1-4-8-19)20-9-5-2-6-10-20/h1-12,17-18,25,28H,13-16H2. The van der Waals surface area contributed by atoms with Gasteiger partial charge in [-0.25, -0.2) is 0 Å². The van der Waals surface area contributed by atoms with Crippen LogP contribution in [0.5, 0.6) is 0 Å². The number of halogens is 1. The van der Waals surface area contributed by atoms with Crippen molar-refractivity contribution in [2.75, 3.05) is 26.2 Å². The van der Waals surface area contributed by atoms with E-state index in [1.165, 1.54) is 11.1 Å². The number of hydrogen-bond donors (Lipinski definition) is 1. The topological polar surface area (TPSA) is 39.3 Å². The highest BCUT2D eigenvalue weighted by Crippen LogP contribution is 2.30. The van der Waals surface area contributed by atoms with Crippen LogP contribution in [-0.4, -0.2) is 46.9 Å². The molecule has 156 valence electrons. The van der Waals surface area contributed by atoms with Gasteiger partial charge in [0.1, 0.15) is 5.69 Å². The zero-order valence-corrected chi connectivity index (χ0v) is 18.8. The van der Waals surface area contributed by atoms with E-state index in [2.05, 4.69) is 86.5 Å². The number of aromatic nitrogens is 1. The predicted molar refractivity (Wildman–Crippen MR) is 128 cm³/mol. The van der Waals surface area contributed by atoms with Crippen molar-refractivity contribution in [3.8, 4) is 0 Å². The summed E-state index contributed by atoms with van der Waals surface area (Å²) in [5.41, 5.74) is 4.21. The third-order valence-corrected chi connectivity index (χ3v) is 6.50. The minimum atomic E-state index is 0.0722. The zero-order valence-electron chi connectivity index (χ0n) is 17.2. The Hall–Kier alpha value is -2.89. The monoisotopic (exact) mass is 473 g/mol. The van der Waals surface area contributed by atoms with Gasteiger partial charge >= 0.3 is 0 Å². The van der Waals surface area contributed by atoms with E-state index < -0.39 is 0 Å². The van der Waals surface area contributed by atoms with Crippen molar-refractivity contribution in [1.29, 1.82) is 0 Å². The molecular formula is C26H24BrN3O. The molecule has 5 heteroatoms. The maximum Gasteiger partial charge on any atom is 0.270 e. The van der Waals surface area contributed by atoms with E-state index in [9.17, 15) is 4.79 Å². The van der Waals surface area contributed by atoms with Crippen LogP contribution in [0.2, 0.25) is 0 Å². The molecule has 1 fully saturated rings. The molecule has 1 aliphatic rings. The fourth-order valence-corrected chi connectivity index (χ4v) is 4.84. The van der Waals surface area contributed by atoms with E-state index in [1.54, 1.807) is 0 Å². The Morgan fingerprint density at radius 2 is 1.42 bits per heavy atom. The maximum atomic E-state index is 13.1. The molecule has 0 bridgehead atoms. The second-order valence-corrected chi connectivity index (χ2v) is 8.88. The van der Waals surface area contributed by atoms with Crippen molar-refractivity contribution in [3.05, 3.63) is 106 Å². The van der Waals surface area contributed by atoms with Crippen molar-refractivity contribution in [3.63, 3.8) is 0 Å². The summed E-state index contributed by atoms with van der Waals surface area (Å²) in [6.45, 7) is 3.11. The molecule has 4 nitrogen and oxygen atoms in total. The van der Waals surface area contributed by atoms with Gasteiger partial charge in [-0.15, -0.1) is 0 Å². The molecule has 1 saturated heterocycles. The molecular weight excluding hydrogens is 450 g/mol. The summed E-state index contributed by atoms with van der Waals surface area (Å²) in [5, 5.41) is 1.05. The first kappa shape index (κ1) is 20.0. The Morgan fingerprint density at radius 3 is 2.03 bits per heavy atom. The Balaban J connectivity index is 1.34. The SMILES string of the molecule is O=C(c1cc2cc(Br)ccc2[nH]1)N1CCN(C(c2ccccc2)c2ccccc2)CC1. The summed E-state index contributed by atoms with van der Waals surface area (Å²) < 4.78 is 1.01. The molecule has 1 aromatic heterocycles. The van der Waals surface area contributed by atoms with E-state index in [-0.39, 0.29) is 11.9 Å². The van der Waals surface area contributed by atoms with Crippen LogP contribution in [0.1, 0.15) is 27.7 Å². The Bertz CT molecular complexity index is 1140. The van der Waals surface area contributed by atoms with E-state index in [0.29, 0.717) is 18.8 Å². The molecule has 0 spiro atoms. The average Bonchev–Trinajstić information content (AvgIpc) is 3.24. The van der Waals surface area contributed by atoms with Crippen molar-refractivity contribution in [1.82, 2.24) is 14.8 Å². The summed E-state index contributed by atoms with van der Waals surface area (Å²) in [6.07, 6.45) is 0. The van der Waals surface area contributed by atoms with Crippen LogP contribution < -0.4 is 0 Å². The first-order valence-electron chi connectivity index (χ1n) is 10.6. The van der Waals surface area contributed by atoms with Gasteiger partial charge in [0.05, 0.1) is 6.04 Å². The third-order valence-electron chi connectivity index (χ3n) is 6.01. The van der Waals surface area contributed by atoms with Crippen molar-refractivity contribution in [2.24, 2.45) is 0 Å². The number of fused-ring (bicyclic) bond motifs is 1. The maximum absolute atomic E-state index is 13.1. The summed E-state index contributed by atoms with van der Waals surface area (Å²) in [4.78, 5) is 20.9. The molecule has 1 amide bonds. The molecule has 0 aliphatic carbocycles. The minimum absolute atomic E-state index is 0.0722. The van der Waals surface area contributed by atoms with E-state index in [0.717, 1.165) is 28.5 Å². The molecule has 0 atom stereocenters. The van der Waals surface area contributed by atoms with Gasteiger partial charge in [0.2, 0.25) is 0 Å². The van der Waals surface area contributed by atoms with Gasteiger partial charge in [0.25, 0.3) is 5.91 Å². The van der Waals surface area contributed by atoms with Crippen LogP contribution >= 0.6 is 15.9 Å². The number of benzene rings is 3. The van der Waals surface area contributed by atoms with Gasteiger partial charge in [0.15, 0.2) is 0 Å². The summed E-state index contributed by atoms with van der Waals surface area (Å²) in [7, 11) is 0. The molecule has 0 radical (unpaired) electrons. The van der Waals surface area contributed by atoms with Crippen LogP contribution in [0.3, 0.4) is 0 Å². The molecule has 2 heterocycles. The molecule has 31 heavy (non-hydrogen) atoms. The van der Waals surface area contributed by atoms with Gasteiger partial charge in [-0.2, -0.15) is 0 Å². The second kappa shape index (κ2) is 8.69. The molecule has 0 unspecified atom stereocenters. The summed E-state index contributed by atoms with van der Waals surface area (Å²) >= 11 is 3.50. The number of rotatable bonds is 4. The highest BCUT2D eigenvalue weighted by Gasteiger charge is 2.29. The number of carbonyl (C=O) groups excluding carboxylic acids is 1. The van der Waals surface area contributed by atoms with Crippen LogP contribution in [0.25, 0.3) is 10.9 Å². The fraction of sp³-hybridized carbons (Fsp3) is 0.192. The Morgan fingerprint density at radius 1 is 0.806 bits per heavy atom. The average molecular weight is 474 g/mol. The van der Waals surface area contributed by atoms with Crippen LogP contribution in [0.15, 0.2) is 89.4 Å². The van der Waals surface area contributed by atoms with Gasteiger partial charge in [0, 0.05) is 41.6 Å². The number of amides is 1. The largest absolute Gasteiger partial charge is 0.351 e. The highest BCUT2D eigenvalue weighted by atomic mass is 79.9. The lowest BCUT2D eigenvalue weighted by molar-refractivity contribution is 0.0592. The lowest BCUT2D eigenvalue weighted by Crippen LogP contribution is -2.50. The quantitative estimate of drug-likeness (QED) is 0.426. The van der Waals surface area contributed by atoms with Crippen LogP contribution in [0.4, 0.5) is 0 Å². The number of nitrogens with one attached hydrogen (secondary N) is 1. The molecule has 3 aromatic carbocycles. The Kier molecular flexibility index (Phi) is 5.62. The van der Waals surface area contributed by atoms with Crippen molar-refractivity contribution < 1.29 is 4.79 Å². The molecule has 0 saturated carbocycles. The number of aromatic amines is 1. The second-order valence-electron chi connectivity index (χ2n) is 7.97. The van der Waals surface area contributed by atoms with E-state index >= 15 is 0 Å². The van der Waals surface area contributed by atoms with Crippen molar-refractivity contribution >= 4 is 32.7 Å². The molecule has 5 rings (SSSR count). The third kappa shape index (κ3) is 4.16. The highest BCUT2D eigenvalue weighted by molar-refractivity contribution is 9.10. The zero-order chi connectivity index (χ0) is 21.2. The first-order valence-corrected chi connectivity index (χ1v) is 11.4. The van der Waals surface area contributed by atoms with Crippen LogP contribution in [-0.2, 0) is 0 Å². The number of H-pyrrole nitrogens is 1. The van der Waals surface area contributed by atoms with Gasteiger partial charge in [-0.1, -0.05) is 76.6 Å².